The number of carbonyl (C=O) groups excluding carboxylic acids is 10. The van der Waals surface area contributed by atoms with Crippen molar-refractivity contribution >= 4 is 67.0 Å². The van der Waals surface area contributed by atoms with E-state index in [-0.39, 0.29) is 36.1 Å². The minimum Gasteiger partial charge on any atom is -0.394 e. The highest BCUT2D eigenvalue weighted by atomic mass is 16.5. The summed E-state index contributed by atoms with van der Waals surface area (Å²) in [6, 6.07) is 10.5. The number of aryl methyl sites for hydroxylation is 1. The second-order valence-corrected chi connectivity index (χ2v) is 14.4. The molecule has 0 radical (unpaired) electrons. The standard InChI is InChI=1S/C8H10.C7H13NO.C6H14O.3C5H12.C5H10.C3H8O.3C2H6.6CH5N.9CH2O.3H3N/c1-2-8-6-4-3-5-7-8;1-7(9)8-5-3-2-4-6-8;1-5-7-6(2,3)4;3*1-4-5(2)3;1-3-5-4-2;1-3(2)4;18*1-2;;;/h3-7H,2H2,1H3;2-6H2,1H3;5H2,1-4H3;3*5H,4H2,1-3H3;3,5H,4H2,1-2H3;3-4H,1-2H3;3*1-2H3;6*2H2,1H3;9*1H2;3*1H3/b;;;;;;5-3-;;;;;;;;;;;;;;;;;;;;;;. The molecule has 1 aromatic rings. The lowest BCUT2D eigenvalue weighted by Crippen LogP contribution is -2.33. The Labute approximate surface area is 544 Å². The number of nitrogens with two attached hydrogens (primary N) is 6. The second-order valence-electron chi connectivity index (χ2n) is 14.4. The SMILES string of the molecule is C/C=C\CC.C=O.C=O.C=O.C=O.C=O.C=O.C=O.C=O.C=O.CC.CC.CC.CC(=O)N1CCCCC1.CC(C)O.CCC(C)C.CCC(C)C.CCC(C)C.CCOC(C)(C)C.CCc1ccccc1.CN.CN.CN.CN.CN.CN.N.N.N. The third-order valence-electron chi connectivity index (χ3n) is 6.55. The lowest BCUT2D eigenvalue weighted by Gasteiger charge is -2.24. The van der Waals surface area contributed by atoms with Gasteiger partial charge in [-0.05, 0) is 146 Å². The van der Waals surface area contributed by atoms with Crippen LogP contribution in [0.3, 0.4) is 0 Å². The number of aliphatic hydroxyl groups is 1. The topological polar surface area (TPSA) is 465 Å². The molecule has 87 heavy (non-hydrogen) atoms. The fraction of sp³-hybridized carbons (Fsp3) is 0.723. The third kappa shape index (κ3) is 601. The van der Waals surface area contributed by atoms with E-state index >= 15 is 0 Å². The molecule has 0 atom stereocenters. The zero-order valence-electron chi connectivity index (χ0n) is 64.0. The highest BCUT2D eigenvalue weighted by Crippen LogP contribution is 2.08. The number of amides is 1. The molecule has 0 saturated carbocycles. The molecule has 1 saturated heterocycles. The van der Waals surface area contributed by atoms with Gasteiger partial charge in [0.1, 0.15) is 61.1 Å². The molecule has 1 heterocycles. The maximum absolute atomic E-state index is 10.7. The van der Waals surface area contributed by atoms with Gasteiger partial charge in [0.15, 0.2) is 0 Å². The molecule has 0 unspecified atom stereocenters. The van der Waals surface area contributed by atoms with Crippen molar-refractivity contribution in [1.29, 1.82) is 0 Å². The minimum absolute atomic E-state index is 0. The number of hydrogen-bond acceptors (Lipinski definition) is 21. The first kappa shape index (κ1) is 178. The highest BCUT2D eigenvalue weighted by Gasteiger charge is 2.11. The van der Waals surface area contributed by atoms with Crippen LogP contribution < -0.4 is 52.9 Å². The molecule has 1 amide bonds. The summed E-state index contributed by atoms with van der Waals surface area (Å²) in [6.07, 6.45) is 13.9. The summed E-state index contributed by atoms with van der Waals surface area (Å²) in [7, 11) is 9.00. The van der Waals surface area contributed by atoms with Crippen LogP contribution in [0.1, 0.15) is 224 Å². The Morgan fingerprint density at radius 3 is 0.759 bits per heavy atom. The number of rotatable bonds is 6. The molecular formula is C65H166N10O12. The molecule has 2 rings (SSSR count). The molecule has 0 aliphatic carbocycles. The van der Waals surface area contributed by atoms with Gasteiger partial charge >= 0.3 is 0 Å². The zero-order chi connectivity index (χ0) is 75.0. The molecule has 1 aromatic carbocycles. The molecule has 0 bridgehead atoms. The first-order valence-corrected chi connectivity index (χ1v) is 28.5. The van der Waals surface area contributed by atoms with Gasteiger partial charge in [0, 0.05) is 32.7 Å². The number of hydrogen-bond donors (Lipinski definition) is 10. The van der Waals surface area contributed by atoms with E-state index in [9.17, 15) is 4.79 Å². The lowest BCUT2D eigenvalue weighted by molar-refractivity contribution is -0.129. The molecule has 0 aromatic heterocycles. The van der Waals surface area contributed by atoms with Gasteiger partial charge in [-0.1, -0.05) is 179 Å². The highest BCUT2D eigenvalue weighted by molar-refractivity contribution is 5.73. The lowest BCUT2D eigenvalue weighted by atomic mass is 10.1. The van der Waals surface area contributed by atoms with Gasteiger partial charge in [-0.25, -0.2) is 0 Å². The van der Waals surface area contributed by atoms with Crippen molar-refractivity contribution in [2.45, 2.75) is 236 Å². The van der Waals surface area contributed by atoms with Crippen LogP contribution in [0.4, 0.5) is 0 Å². The maximum atomic E-state index is 10.7. The number of aliphatic hydroxyl groups excluding tert-OH is 1. The zero-order valence-corrected chi connectivity index (χ0v) is 64.0. The van der Waals surface area contributed by atoms with E-state index in [0.29, 0.717) is 0 Å². The number of likely N-dealkylation sites (tertiary alicyclic amines) is 1. The van der Waals surface area contributed by atoms with Gasteiger partial charge in [-0.2, -0.15) is 0 Å². The van der Waals surface area contributed by atoms with Crippen LogP contribution in [0.15, 0.2) is 42.5 Å². The smallest absolute Gasteiger partial charge is 0.219 e. The summed E-state index contributed by atoms with van der Waals surface area (Å²) in [4.78, 5) is 84.6. The largest absolute Gasteiger partial charge is 0.394 e. The van der Waals surface area contributed by atoms with Crippen LogP contribution >= 0.6 is 0 Å². The average Bonchev–Trinajstić information content (AvgIpc) is 3.58. The van der Waals surface area contributed by atoms with E-state index in [1.807, 2.05) is 127 Å². The molecule has 548 valence electrons. The monoisotopic (exact) mass is 1280 g/mol. The van der Waals surface area contributed by atoms with Gasteiger partial charge < -0.3 is 111 Å². The van der Waals surface area contributed by atoms with Crippen molar-refractivity contribution in [3.05, 3.63) is 48.0 Å². The van der Waals surface area contributed by atoms with Crippen LogP contribution in [0.25, 0.3) is 0 Å². The summed E-state index contributed by atoms with van der Waals surface area (Å²) in [6.45, 7) is 72.3. The molecule has 22 nitrogen and oxygen atoms in total. The van der Waals surface area contributed by atoms with Crippen LogP contribution in [0.2, 0.25) is 0 Å². The van der Waals surface area contributed by atoms with Gasteiger partial charge in [0.05, 0.1) is 5.60 Å². The van der Waals surface area contributed by atoms with Crippen molar-refractivity contribution in [2.75, 3.05) is 62.0 Å². The Morgan fingerprint density at radius 1 is 0.494 bits per heavy atom. The normalized spacial score (nSPS) is 7.54. The van der Waals surface area contributed by atoms with Crippen molar-refractivity contribution in [2.24, 2.45) is 52.2 Å². The first-order chi connectivity index (χ1) is 40.3. The predicted molar refractivity (Wildman–Crippen MR) is 395 cm³/mol. The molecule has 22 N–H and O–H groups in total. The molecule has 0 spiro atoms. The molecular weight excluding hydrogens is 1110 g/mol. The van der Waals surface area contributed by atoms with Crippen LogP contribution in [-0.2, 0) is 59.1 Å². The van der Waals surface area contributed by atoms with Crippen LogP contribution in [-0.4, -0.2) is 151 Å². The molecule has 1 fully saturated rings. The van der Waals surface area contributed by atoms with Crippen molar-refractivity contribution in [1.82, 2.24) is 23.4 Å². The Morgan fingerprint density at radius 2 is 0.690 bits per heavy atom. The summed E-state index contributed by atoms with van der Waals surface area (Å²) in [5, 5.41) is 8.06. The van der Waals surface area contributed by atoms with E-state index < -0.39 is 0 Å². The fourth-order valence-corrected chi connectivity index (χ4v) is 2.59. The van der Waals surface area contributed by atoms with Gasteiger partial charge in [0.25, 0.3) is 0 Å². The van der Waals surface area contributed by atoms with E-state index in [1.54, 1.807) is 20.8 Å². The summed E-state index contributed by atoms with van der Waals surface area (Å²) < 4.78 is 5.23. The summed E-state index contributed by atoms with van der Waals surface area (Å²) >= 11 is 0. The number of benzene rings is 1. The quantitative estimate of drug-likeness (QED) is 0.118. The van der Waals surface area contributed by atoms with Crippen molar-refractivity contribution in [3.63, 3.8) is 0 Å². The first-order valence-electron chi connectivity index (χ1n) is 28.5. The minimum atomic E-state index is -0.167. The summed E-state index contributed by atoms with van der Waals surface area (Å²) in [5.74, 6) is 2.88. The van der Waals surface area contributed by atoms with Crippen molar-refractivity contribution < 1.29 is 57.8 Å². The van der Waals surface area contributed by atoms with Gasteiger partial charge in [0.2, 0.25) is 5.91 Å². The van der Waals surface area contributed by atoms with Crippen LogP contribution in [0.5, 0.6) is 0 Å². The molecule has 1 aliphatic heterocycles. The molecule has 1 aliphatic rings. The Kier molecular flexibility index (Phi) is 630. The second kappa shape index (κ2) is 308. The number of allylic oxidation sites excluding steroid dienone is 2. The maximum Gasteiger partial charge on any atom is 0.219 e. The van der Waals surface area contributed by atoms with E-state index in [4.69, 9.17) is 53.0 Å². The van der Waals surface area contributed by atoms with E-state index in [2.05, 4.69) is 168 Å². The Hall–Kier alpha value is -4.98. The number of carbonyl (C=O) groups is 10. The number of ether oxygens (including phenoxy) is 1. The van der Waals surface area contributed by atoms with Crippen molar-refractivity contribution in [3.8, 4) is 0 Å². The average molecular weight is 1280 g/mol. The van der Waals surface area contributed by atoms with E-state index in [1.165, 1.54) is 86.4 Å². The Balaban J connectivity index is -0.0000000176. The van der Waals surface area contributed by atoms with Crippen LogP contribution in [0, 0.1) is 17.8 Å². The van der Waals surface area contributed by atoms with E-state index in [0.717, 1.165) is 50.3 Å². The molecule has 22 heteroatoms. The fourth-order valence-electron chi connectivity index (χ4n) is 2.59. The Bertz CT molecular complexity index is 867. The predicted octanol–water partition coefficient (Wildman–Crippen LogP) is 13.0. The summed E-state index contributed by atoms with van der Waals surface area (Å²) in [5.41, 5.74) is 28.5. The number of piperidine rings is 1. The number of nitrogens with zero attached hydrogens (tertiary/aromatic N) is 1. The van der Waals surface area contributed by atoms with Gasteiger partial charge in [-0.15, -0.1) is 0 Å². The van der Waals surface area contributed by atoms with Gasteiger partial charge in [-0.3, -0.25) is 4.79 Å². The third-order valence-corrected chi connectivity index (χ3v) is 6.55.